The number of alkyl halides is 1. The van der Waals surface area contributed by atoms with Crippen LogP contribution >= 0.6 is 35.1 Å². The zero-order valence-electron chi connectivity index (χ0n) is 41.6. The molecule has 74 heavy (non-hydrogen) atoms. The van der Waals surface area contributed by atoms with Gasteiger partial charge in [-0.3, -0.25) is 4.39 Å². The molecule has 0 unspecified atom stereocenters. The van der Waals surface area contributed by atoms with Crippen molar-refractivity contribution in [2.24, 2.45) is 0 Å². The number of benzene rings is 8. The van der Waals surface area contributed by atoms with E-state index >= 15 is 0 Å². The fraction of sp³-hybridized carbons (Fsp3) is 0.145. The second-order valence-corrected chi connectivity index (χ2v) is 19.2. The first-order valence-electron chi connectivity index (χ1n) is 24.3. The number of methoxy groups -OCH3 is 1. The third-order valence-electron chi connectivity index (χ3n) is 11.9. The largest absolute Gasteiger partial charge is 0.489 e. The van der Waals surface area contributed by atoms with Crippen LogP contribution in [0, 0.1) is 0 Å². The molecule has 0 atom stereocenters. The summed E-state index contributed by atoms with van der Waals surface area (Å²) in [6.45, 7) is 0.744. The van der Waals surface area contributed by atoms with Crippen molar-refractivity contribution in [1.29, 1.82) is 0 Å². The molecule has 0 saturated heterocycles. The number of nitrogens with zero attached hydrogens (tertiary/aromatic N) is 1. The molecule has 9 rings (SSSR count). The lowest BCUT2D eigenvalue weighted by molar-refractivity contribution is 0.0586. The van der Waals surface area contributed by atoms with Gasteiger partial charge in [-0.2, -0.15) is 0 Å². The molecule has 12 heteroatoms. The molecule has 0 aliphatic heterocycles. The Kier molecular flexibility index (Phi) is 19.6. The molecule has 8 aromatic carbocycles. The third-order valence-corrected chi connectivity index (χ3v) is 15.1. The van der Waals surface area contributed by atoms with Crippen molar-refractivity contribution < 1.29 is 39.1 Å². The Morgan fingerprint density at radius 1 is 0.541 bits per heavy atom. The minimum atomic E-state index is -1.00. The number of ether oxygens (including phenoxy) is 4. The molecule has 376 valence electrons. The average molecular weight is 1050 g/mol. The van der Waals surface area contributed by atoms with E-state index in [1.165, 1.54) is 28.4 Å². The molecule has 9 aromatic rings. The molecule has 0 spiro atoms. The van der Waals surface area contributed by atoms with Gasteiger partial charge in [0.2, 0.25) is 0 Å². The number of fused-ring (bicyclic) bond motifs is 1. The van der Waals surface area contributed by atoms with Crippen LogP contribution in [0.15, 0.2) is 237 Å². The fourth-order valence-corrected chi connectivity index (χ4v) is 11.5. The lowest BCUT2D eigenvalue weighted by Gasteiger charge is -2.35. The van der Waals surface area contributed by atoms with Gasteiger partial charge in [0.1, 0.15) is 31.3 Å². The van der Waals surface area contributed by atoms with E-state index in [4.69, 9.17) is 31.9 Å². The number of hydrogen-bond donors (Lipinski definition) is 0. The van der Waals surface area contributed by atoms with Gasteiger partial charge in [0.25, 0.3) is 0 Å². The maximum atomic E-state index is 13.7. The molecule has 0 amide bonds. The Labute approximate surface area is 446 Å². The molecular weight excluding hydrogens is 989 g/mol. The van der Waals surface area contributed by atoms with Gasteiger partial charge in [-0.25, -0.2) is 19.0 Å². The van der Waals surface area contributed by atoms with E-state index in [0.717, 1.165) is 22.3 Å². The topological polar surface area (TPSA) is 93.1 Å². The summed E-state index contributed by atoms with van der Waals surface area (Å²) in [6.07, 6.45) is -0.666. The van der Waals surface area contributed by atoms with Crippen molar-refractivity contribution in [3.63, 3.8) is 0 Å². The molecule has 0 N–H and O–H groups in total. The van der Waals surface area contributed by atoms with Crippen LogP contribution in [0.1, 0.15) is 50.8 Å². The molecule has 0 fully saturated rings. The van der Waals surface area contributed by atoms with Gasteiger partial charge in [0.15, 0.2) is 0 Å². The number of hydrogen-bond acceptors (Lipinski definition) is 9. The normalized spacial score (nSPS) is 11.1. The number of aromatic nitrogens is 1. The second kappa shape index (κ2) is 27.5. The predicted molar refractivity (Wildman–Crippen MR) is 298 cm³/mol. The zero-order chi connectivity index (χ0) is 52.7. The smallest absolute Gasteiger partial charge is 0.419 e. The predicted octanol–water partition coefficient (Wildman–Crippen LogP) is 15.4. The number of rotatable bonds is 18. The fourth-order valence-electron chi connectivity index (χ4n) is 8.71. The minimum Gasteiger partial charge on any atom is -0.489 e. The maximum Gasteiger partial charge on any atom is 0.419 e. The van der Waals surface area contributed by atoms with E-state index in [2.05, 4.69) is 109 Å². The number of carbonyl (C=O) groups is 3. The number of esters is 1. The Balaban J connectivity index is 0.000000239. The highest BCUT2D eigenvalue weighted by Gasteiger charge is 2.38. The standard InChI is InChI=1S/C39H33NO5S.C22H19ClO2S.CH3F/c1-43-37(41)36-26-30-22-23-34(45-28-29-14-6-2-7-15-29)27-35(30)40(36)38(42)44-24-25-46-39(31-16-8-3-9-17-31,32-18-10-4-11-19-32)33-20-12-5-13-21-33;23-21(24)25-16-17-26-22(18-10-4-1-5-11-18,19-12-6-2-7-13-19)20-14-8-3-9-15-20;1-2/h2-23,26-27H,24-25,28H2,1H3;1-15H,16-17H2;1H3/i;;1D. The zero-order valence-corrected chi connectivity index (χ0v) is 43.0. The van der Waals surface area contributed by atoms with E-state index in [1.54, 1.807) is 35.7 Å². The van der Waals surface area contributed by atoms with E-state index in [9.17, 15) is 18.8 Å². The van der Waals surface area contributed by atoms with Crippen molar-refractivity contribution in [3.8, 4) is 5.75 Å². The molecule has 0 saturated carbocycles. The van der Waals surface area contributed by atoms with Crippen LogP contribution in [-0.4, -0.2) is 61.0 Å². The molecule has 8 nitrogen and oxygen atoms in total. The van der Waals surface area contributed by atoms with E-state index in [0.29, 0.717) is 34.8 Å². The SMILES string of the molecule is COC(=O)c1cc2ccc(OCc3ccccc3)cc2n1C(=O)OCCSC(c1ccccc1)(c1ccccc1)c1ccccc1.O=C(Cl)OCCSC(c1ccccc1)(c1ccccc1)c1ccccc1.[2H]CF. The van der Waals surface area contributed by atoms with Crippen LogP contribution in [0.5, 0.6) is 5.75 Å². The molecular formula is C62H55ClFNO7S2. The lowest BCUT2D eigenvalue weighted by atomic mass is 9.84. The van der Waals surface area contributed by atoms with Gasteiger partial charge < -0.3 is 18.9 Å². The van der Waals surface area contributed by atoms with Crippen molar-refractivity contribution in [1.82, 2.24) is 4.57 Å². The quantitative estimate of drug-likeness (QED) is 0.0274. The van der Waals surface area contributed by atoms with Gasteiger partial charge in [-0.1, -0.05) is 212 Å². The van der Waals surface area contributed by atoms with E-state index < -0.39 is 34.1 Å². The summed E-state index contributed by atoms with van der Waals surface area (Å²) in [4.78, 5) is 37.3. The van der Waals surface area contributed by atoms with Crippen molar-refractivity contribution >= 4 is 63.5 Å². The summed E-state index contributed by atoms with van der Waals surface area (Å²) >= 11 is 8.74. The summed E-state index contributed by atoms with van der Waals surface area (Å²) < 4.78 is 37.6. The summed E-state index contributed by atoms with van der Waals surface area (Å²) in [5, 5.41) is 0.690. The van der Waals surface area contributed by atoms with Gasteiger partial charge in [-0.05, 0) is 57.1 Å². The highest BCUT2D eigenvalue weighted by atomic mass is 35.5. The first kappa shape index (κ1) is 52.7. The van der Waals surface area contributed by atoms with E-state index in [-0.39, 0.29) is 18.9 Å². The lowest BCUT2D eigenvalue weighted by Crippen LogP contribution is -2.27. The van der Waals surface area contributed by atoms with Crippen LogP contribution in [-0.2, 0) is 30.3 Å². The highest BCUT2D eigenvalue weighted by Crippen LogP contribution is 2.49. The summed E-state index contributed by atoms with van der Waals surface area (Å²) in [7, 11) is 0.289. The molecule has 1 heterocycles. The highest BCUT2D eigenvalue weighted by molar-refractivity contribution is 8.00. The van der Waals surface area contributed by atoms with Crippen LogP contribution < -0.4 is 4.74 Å². The summed E-state index contributed by atoms with van der Waals surface area (Å²) in [5.74, 6) is 1.04. The van der Waals surface area contributed by atoms with Crippen LogP contribution in [0.2, 0.25) is 0 Å². The molecule has 1 aromatic heterocycles. The number of carbonyl (C=O) groups excluding carboxylic acids is 3. The van der Waals surface area contributed by atoms with Gasteiger partial charge in [0.05, 0.1) is 30.6 Å². The summed E-state index contributed by atoms with van der Waals surface area (Å²) in [6, 6.07) is 79.1. The van der Waals surface area contributed by atoms with E-state index in [1.807, 2.05) is 115 Å². The van der Waals surface area contributed by atoms with Crippen molar-refractivity contribution in [2.75, 3.05) is 39.0 Å². The van der Waals surface area contributed by atoms with Crippen molar-refractivity contribution in [3.05, 3.63) is 281 Å². The molecule has 0 aliphatic carbocycles. The minimum absolute atomic E-state index is 0.0857. The Bertz CT molecular complexity index is 2970. The van der Waals surface area contributed by atoms with Crippen LogP contribution in [0.4, 0.5) is 14.0 Å². The first-order valence-corrected chi connectivity index (χ1v) is 26.0. The van der Waals surface area contributed by atoms with Gasteiger partial charge in [0, 0.05) is 34.6 Å². The molecule has 0 aliphatic rings. The third kappa shape index (κ3) is 13.1. The second-order valence-electron chi connectivity index (χ2n) is 16.3. The molecule has 0 bridgehead atoms. The van der Waals surface area contributed by atoms with Crippen LogP contribution in [0.3, 0.4) is 0 Å². The monoisotopic (exact) mass is 1040 g/mol. The van der Waals surface area contributed by atoms with Gasteiger partial charge >= 0.3 is 17.5 Å². The number of halogens is 2. The Morgan fingerprint density at radius 3 is 1.27 bits per heavy atom. The first-order chi connectivity index (χ1) is 36.7. The van der Waals surface area contributed by atoms with Gasteiger partial charge in [-0.15, -0.1) is 23.5 Å². The maximum absolute atomic E-state index is 13.7. The summed E-state index contributed by atoms with van der Waals surface area (Å²) in [5.41, 5.74) is 7.73. The Hall–Kier alpha value is -7.57. The molecule has 0 radical (unpaired) electrons. The van der Waals surface area contributed by atoms with Crippen LogP contribution in [0.25, 0.3) is 10.9 Å². The van der Waals surface area contributed by atoms with Crippen molar-refractivity contribution in [2.45, 2.75) is 16.1 Å². The average Bonchev–Trinajstić information content (AvgIpc) is 3.86. The number of thioether (sulfide) groups is 2. The Morgan fingerprint density at radius 2 is 0.905 bits per heavy atom.